The van der Waals surface area contributed by atoms with Gasteiger partial charge in [-0.3, -0.25) is 5.10 Å². The van der Waals surface area contributed by atoms with Crippen LogP contribution in [0.5, 0.6) is 0 Å². The van der Waals surface area contributed by atoms with Crippen LogP contribution in [0.1, 0.15) is 40.3 Å². The Morgan fingerprint density at radius 1 is 1.15 bits per heavy atom. The monoisotopic (exact) mass is 272 g/mol. The zero-order valence-corrected chi connectivity index (χ0v) is 12.8. The number of fused-ring (bicyclic) bond motifs is 1. The fraction of sp³-hybridized carbons (Fsp3) is 0.533. The second kappa shape index (κ2) is 4.33. The van der Waals surface area contributed by atoms with Crippen LogP contribution >= 0.6 is 0 Å². The Hall–Kier alpha value is -1.33. The lowest BCUT2D eigenvalue weighted by molar-refractivity contribution is 0.00578. The molecular formula is C15H21BN2O2. The van der Waals surface area contributed by atoms with Gasteiger partial charge in [0.05, 0.1) is 16.7 Å². The highest BCUT2D eigenvalue weighted by Gasteiger charge is 2.51. The molecule has 0 radical (unpaired) electrons. The first-order valence-corrected chi connectivity index (χ1v) is 7.16. The number of aromatic amines is 1. The Kier molecular flexibility index (Phi) is 2.96. The molecule has 0 atom stereocenters. The molecule has 0 saturated carbocycles. The van der Waals surface area contributed by atoms with Crippen LogP contribution in [0.2, 0.25) is 0 Å². The third-order valence-corrected chi connectivity index (χ3v) is 4.54. The van der Waals surface area contributed by atoms with Crippen molar-refractivity contribution in [3.05, 3.63) is 23.9 Å². The Balaban J connectivity index is 1.96. The van der Waals surface area contributed by atoms with E-state index in [4.69, 9.17) is 9.31 Å². The van der Waals surface area contributed by atoms with Crippen molar-refractivity contribution in [1.82, 2.24) is 10.2 Å². The Morgan fingerprint density at radius 3 is 2.40 bits per heavy atom. The minimum atomic E-state index is -0.328. The van der Waals surface area contributed by atoms with E-state index in [9.17, 15) is 0 Å². The molecule has 2 aromatic rings. The second-order valence-electron chi connectivity index (χ2n) is 6.42. The van der Waals surface area contributed by atoms with Crippen LogP contribution in [-0.2, 0) is 15.7 Å². The molecule has 1 aliphatic heterocycles. The zero-order valence-electron chi connectivity index (χ0n) is 12.8. The van der Waals surface area contributed by atoms with E-state index >= 15 is 0 Å². The van der Waals surface area contributed by atoms with E-state index in [1.54, 1.807) is 0 Å². The van der Waals surface area contributed by atoms with Crippen molar-refractivity contribution >= 4 is 23.5 Å². The number of H-pyrrole nitrogens is 1. The maximum absolute atomic E-state index is 6.07. The first-order valence-electron chi connectivity index (χ1n) is 7.16. The van der Waals surface area contributed by atoms with Gasteiger partial charge in [-0.2, -0.15) is 5.10 Å². The summed E-state index contributed by atoms with van der Waals surface area (Å²) in [5, 5.41) is 8.61. The van der Waals surface area contributed by atoms with Crippen LogP contribution in [-0.4, -0.2) is 28.5 Å². The molecule has 1 N–H and O–H groups in total. The fourth-order valence-electron chi connectivity index (χ4n) is 2.48. The van der Waals surface area contributed by atoms with E-state index in [2.05, 4.69) is 56.9 Å². The molecule has 0 aliphatic carbocycles. The van der Waals surface area contributed by atoms with Crippen LogP contribution in [0.3, 0.4) is 0 Å². The Labute approximate surface area is 120 Å². The molecule has 1 aromatic carbocycles. The highest BCUT2D eigenvalue weighted by atomic mass is 16.7. The van der Waals surface area contributed by atoms with Crippen LogP contribution in [0, 0.1) is 0 Å². The number of benzene rings is 1. The number of nitrogens with zero attached hydrogens (tertiary/aromatic N) is 1. The van der Waals surface area contributed by atoms with Crippen LogP contribution in [0.4, 0.5) is 0 Å². The van der Waals surface area contributed by atoms with Crippen molar-refractivity contribution in [2.45, 2.75) is 52.2 Å². The summed E-state index contributed by atoms with van der Waals surface area (Å²) in [6.45, 7) is 10.4. The van der Waals surface area contributed by atoms with Crippen molar-refractivity contribution in [3.63, 3.8) is 0 Å². The first-order chi connectivity index (χ1) is 9.34. The molecular weight excluding hydrogens is 251 g/mol. The number of nitrogens with one attached hydrogen (secondary N) is 1. The van der Waals surface area contributed by atoms with E-state index in [0.717, 1.165) is 17.4 Å². The van der Waals surface area contributed by atoms with Gasteiger partial charge in [-0.25, -0.2) is 0 Å². The van der Waals surface area contributed by atoms with E-state index in [0.29, 0.717) is 0 Å². The van der Waals surface area contributed by atoms with Gasteiger partial charge in [-0.1, -0.05) is 19.1 Å². The zero-order chi connectivity index (χ0) is 14.5. The molecule has 1 saturated heterocycles. The fourth-order valence-corrected chi connectivity index (χ4v) is 2.48. The summed E-state index contributed by atoms with van der Waals surface area (Å²) in [6.07, 6.45) is 0.951. The maximum atomic E-state index is 6.07. The largest absolute Gasteiger partial charge is 0.494 e. The topological polar surface area (TPSA) is 47.1 Å². The quantitative estimate of drug-likeness (QED) is 0.854. The van der Waals surface area contributed by atoms with Gasteiger partial charge in [-0.05, 0) is 45.6 Å². The number of rotatable bonds is 2. The Morgan fingerprint density at radius 2 is 1.80 bits per heavy atom. The summed E-state index contributed by atoms with van der Waals surface area (Å²) < 4.78 is 12.1. The van der Waals surface area contributed by atoms with Gasteiger partial charge >= 0.3 is 7.12 Å². The molecule has 5 heteroatoms. The minimum absolute atomic E-state index is 0.313. The average molecular weight is 272 g/mol. The summed E-state index contributed by atoms with van der Waals surface area (Å²) in [5.74, 6) is 0. The van der Waals surface area contributed by atoms with E-state index in [1.165, 1.54) is 11.1 Å². The van der Waals surface area contributed by atoms with E-state index < -0.39 is 0 Å². The van der Waals surface area contributed by atoms with Crippen LogP contribution in [0.15, 0.2) is 18.2 Å². The van der Waals surface area contributed by atoms with Crippen molar-refractivity contribution in [2.75, 3.05) is 0 Å². The van der Waals surface area contributed by atoms with Crippen molar-refractivity contribution in [3.8, 4) is 0 Å². The molecule has 3 rings (SSSR count). The lowest BCUT2D eigenvalue weighted by Gasteiger charge is -2.32. The number of aromatic nitrogens is 2. The molecule has 4 nitrogen and oxygen atoms in total. The molecule has 1 aliphatic rings. The van der Waals surface area contributed by atoms with Gasteiger partial charge in [0, 0.05) is 11.1 Å². The number of aryl methyl sites for hydroxylation is 1. The summed E-state index contributed by atoms with van der Waals surface area (Å²) in [6, 6.07) is 6.21. The van der Waals surface area contributed by atoms with Gasteiger partial charge in [0.25, 0.3) is 0 Å². The third-order valence-electron chi connectivity index (χ3n) is 4.54. The number of hydrogen-bond acceptors (Lipinski definition) is 3. The molecule has 1 fully saturated rings. The average Bonchev–Trinajstić information content (AvgIpc) is 2.87. The van der Waals surface area contributed by atoms with E-state index in [-0.39, 0.29) is 18.3 Å². The molecule has 0 amide bonds. The molecule has 106 valence electrons. The van der Waals surface area contributed by atoms with Crippen LogP contribution < -0.4 is 5.46 Å². The van der Waals surface area contributed by atoms with Crippen molar-refractivity contribution in [2.24, 2.45) is 0 Å². The van der Waals surface area contributed by atoms with E-state index in [1.807, 2.05) is 6.07 Å². The summed E-state index contributed by atoms with van der Waals surface area (Å²) in [5.41, 5.74) is 2.53. The number of hydrogen-bond donors (Lipinski definition) is 1. The lowest BCUT2D eigenvalue weighted by Crippen LogP contribution is -2.41. The van der Waals surface area contributed by atoms with Crippen molar-refractivity contribution in [1.29, 1.82) is 0 Å². The maximum Gasteiger partial charge on any atom is 0.494 e. The minimum Gasteiger partial charge on any atom is -0.399 e. The lowest BCUT2D eigenvalue weighted by atomic mass is 9.79. The van der Waals surface area contributed by atoms with Crippen molar-refractivity contribution < 1.29 is 9.31 Å². The molecule has 0 bridgehead atoms. The van der Waals surface area contributed by atoms with Gasteiger partial charge < -0.3 is 9.31 Å². The second-order valence-corrected chi connectivity index (χ2v) is 6.42. The van der Waals surface area contributed by atoms with Gasteiger partial charge in [0.2, 0.25) is 0 Å². The first kappa shape index (κ1) is 13.6. The van der Waals surface area contributed by atoms with Gasteiger partial charge in [-0.15, -0.1) is 0 Å². The Bertz CT molecular complexity index is 632. The highest BCUT2D eigenvalue weighted by molar-refractivity contribution is 6.62. The predicted molar refractivity (Wildman–Crippen MR) is 81.2 cm³/mol. The SMILES string of the molecule is CCc1[nH]nc2cc(B3OC(C)(C)C(C)(C)O3)ccc12. The molecule has 1 aromatic heterocycles. The predicted octanol–water partition coefficient (Wildman–Crippen LogP) is 2.42. The normalized spacial score (nSPS) is 20.8. The molecule has 20 heavy (non-hydrogen) atoms. The van der Waals surface area contributed by atoms with Gasteiger partial charge in [0.15, 0.2) is 0 Å². The highest BCUT2D eigenvalue weighted by Crippen LogP contribution is 2.36. The standard InChI is InChI=1S/C15H21BN2O2/c1-6-12-11-8-7-10(9-13(11)18-17-12)16-19-14(2,3)15(4,5)20-16/h7-9H,6H2,1-5H3,(H,17,18). The molecule has 0 spiro atoms. The van der Waals surface area contributed by atoms with Gasteiger partial charge in [0.1, 0.15) is 0 Å². The summed E-state index contributed by atoms with van der Waals surface area (Å²) in [4.78, 5) is 0. The summed E-state index contributed by atoms with van der Waals surface area (Å²) >= 11 is 0. The van der Waals surface area contributed by atoms with Crippen LogP contribution in [0.25, 0.3) is 10.9 Å². The molecule has 2 heterocycles. The summed E-state index contributed by atoms with van der Waals surface area (Å²) in [7, 11) is -0.328. The smallest absolute Gasteiger partial charge is 0.399 e. The molecule has 0 unspecified atom stereocenters. The third kappa shape index (κ3) is 1.96.